The molecule has 0 unspecified atom stereocenters. The summed E-state index contributed by atoms with van der Waals surface area (Å²) in [5.41, 5.74) is 13.9. The summed E-state index contributed by atoms with van der Waals surface area (Å²) < 4.78 is 0. The molecule has 0 fully saturated rings. The molecule has 4 aromatic carbocycles. The highest BCUT2D eigenvalue weighted by Gasteiger charge is 2.51. The Bertz CT molecular complexity index is 1170. The monoisotopic (exact) mass is 372 g/mol. The van der Waals surface area contributed by atoms with Gasteiger partial charge in [-0.25, -0.2) is 0 Å². The standard InChI is InChI=1S/C29H24/c1-3-19-13-15-23-21-9-5-7-11-25(21)29(27(23)17-19)26-12-8-6-10-22(26)24-16-14-20(4-2)18-28(24)29/h5-18H,3-4H2,1-2H3. The summed E-state index contributed by atoms with van der Waals surface area (Å²) in [5.74, 6) is 0. The van der Waals surface area contributed by atoms with E-state index in [1.54, 1.807) is 0 Å². The molecule has 0 saturated heterocycles. The zero-order valence-corrected chi connectivity index (χ0v) is 17.0. The van der Waals surface area contributed by atoms with Crippen molar-refractivity contribution < 1.29 is 0 Å². The quantitative estimate of drug-likeness (QED) is 0.303. The molecule has 0 saturated carbocycles. The SMILES string of the molecule is CCc1ccc2c(c1)C1(c3ccccc3-2)c2ccccc2-c2ccc(CC)cc21. The molecule has 0 bridgehead atoms. The Balaban J connectivity index is 1.83. The van der Waals surface area contributed by atoms with Crippen LogP contribution in [0.4, 0.5) is 0 Å². The minimum Gasteiger partial charge on any atom is -0.0619 e. The van der Waals surface area contributed by atoms with E-state index >= 15 is 0 Å². The average molecular weight is 373 g/mol. The summed E-state index contributed by atoms with van der Waals surface area (Å²) in [6, 6.07) is 32.3. The summed E-state index contributed by atoms with van der Waals surface area (Å²) in [4.78, 5) is 0. The Morgan fingerprint density at radius 3 is 1.34 bits per heavy atom. The lowest BCUT2D eigenvalue weighted by Gasteiger charge is -2.31. The highest BCUT2D eigenvalue weighted by atomic mass is 14.5. The first-order valence-corrected chi connectivity index (χ1v) is 10.8. The molecule has 140 valence electrons. The van der Waals surface area contributed by atoms with Gasteiger partial charge in [0.05, 0.1) is 5.41 Å². The fourth-order valence-corrected chi connectivity index (χ4v) is 5.67. The van der Waals surface area contributed by atoms with Crippen molar-refractivity contribution in [2.24, 2.45) is 0 Å². The van der Waals surface area contributed by atoms with Crippen molar-refractivity contribution in [1.29, 1.82) is 0 Å². The van der Waals surface area contributed by atoms with Gasteiger partial charge in [-0.3, -0.25) is 0 Å². The number of rotatable bonds is 2. The number of aryl methyl sites for hydroxylation is 2. The molecular weight excluding hydrogens is 348 g/mol. The average Bonchev–Trinajstić information content (AvgIpc) is 3.25. The molecule has 0 aliphatic heterocycles. The minimum absolute atomic E-state index is 0.200. The van der Waals surface area contributed by atoms with Gasteiger partial charge in [-0.1, -0.05) is 98.8 Å². The first-order chi connectivity index (χ1) is 14.3. The highest BCUT2D eigenvalue weighted by molar-refractivity contribution is 5.95. The van der Waals surface area contributed by atoms with E-state index in [-0.39, 0.29) is 5.41 Å². The van der Waals surface area contributed by atoms with Gasteiger partial charge in [0.1, 0.15) is 0 Å². The molecule has 2 aliphatic rings. The van der Waals surface area contributed by atoms with Crippen LogP contribution in [0.5, 0.6) is 0 Å². The first-order valence-electron chi connectivity index (χ1n) is 10.8. The second-order valence-corrected chi connectivity index (χ2v) is 8.31. The molecule has 0 amide bonds. The van der Waals surface area contributed by atoms with Crippen LogP contribution in [0.2, 0.25) is 0 Å². The lowest BCUT2D eigenvalue weighted by molar-refractivity contribution is 0.789. The van der Waals surface area contributed by atoms with E-state index in [9.17, 15) is 0 Å². The molecule has 6 rings (SSSR count). The van der Waals surface area contributed by atoms with Crippen molar-refractivity contribution in [2.45, 2.75) is 32.1 Å². The third-order valence-electron chi connectivity index (χ3n) is 7.03. The van der Waals surface area contributed by atoms with Gasteiger partial charge in [0.2, 0.25) is 0 Å². The molecule has 0 radical (unpaired) electrons. The van der Waals surface area contributed by atoms with Crippen molar-refractivity contribution in [3.8, 4) is 22.3 Å². The van der Waals surface area contributed by atoms with E-state index in [4.69, 9.17) is 0 Å². The van der Waals surface area contributed by atoms with Crippen LogP contribution in [0.3, 0.4) is 0 Å². The minimum atomic E-state index is -0.200. The summed E-state index contributed by atoms with van der Waals surface area (Å²) in [7, 11) is 0. The van der Waals surface area contributed by atoms with Crippen LogP contribution < -0.4 is 0 Å². The third-order valence-corrected chi connectivity index (χ3v) is 7.03. The molecule has 0 nitrogen and oxygen atoms in total. The predicted molar refractivity (Wildman–Crippen MR) is 121 cm³/mol. The topological polar surface area (TPSA) is 0 Å². The third kappa shape index (κ3) is 1.99. The second-order valence-electron chi connectivity index (χ2n) is 8.31. The molecule has 29 heavy (non-hydrogen) atoms. The van der Waals surface area contributed by atoms with Gasteiger partial charge in [0.15, 0.2) is 0 Å². The first kappa shape index (κ1) is 16.8. The lowest BCUT2D eigenvalue weighted by atomic mass is 9.70. The van der Waals surface area contributed by atoms with Crippen LogP contribution in [-0.2, 0) is 18.3 Å². The maximum absolute atomic E-state index is 2.47. The Hall–Kier alpha value is -3.12. The van der Waals surface area contributed by atoms with Crippen molar-refractivity contribution in [1.82, 2.24) is 0 Å². The van der Waals surface area contributed by atoms with Gasteiger partial charge in [0.25, 0.3) is 0 Å². The molecular formula is C29H24. The van der Waals surface area contributed by atoms with E-state index in [0.717, 1.165) is 12.8 Å². The van der Waals surface area contributed by atoms with Crippen molar-refractivity contribution in [2.75, 3.05) is 0 Å². The van der Waals surface area contributed by atoms with Gasteiger partial charge in [0, 0.05) is 0 Å². The van der Waals surface area contributed by atoms with Gasteiger partial charge in [-0.15, -0.1) is 0 Å². The summed E-state index contributed by atoms with van der Waals surface area (Å²) in [6.45, 7) is 4.50. The smallest absolute Gasteiger partial charge is 0.0619 e. The van der Waals surface area contributed by atoms with Gasteiger partial charge >= 0.3 is 0 Å². The molecule has 2 aliphatic carbocycles. The molecule has 1 spiro atoms. The number of benzene rings is 4. The van der Waals surface area contributed by atoms with Crippen LogP contribution in [0.15, 0.2) is 84.9 Å². The molecule has 4 aromatic rings. The summed E-state index contributed by atoms with van der Waals surface area (Å²) >= 11 is 0. The van der Waals surface area contributed by atoms with Gasteiger partial charge in [-0.2, -0.15) is 0 Å². The number of hydrogen-bond donors (Lipinski definition) is 0. The highest BCUT2D eigenvalue weighted by Crippen LogP contribution is 2.62. The van der Waals surface area contributed by atoms with Crippen LogP contribution in [0.25, 0.3) is 22.3 Å². The van der Waals surface area contributed by atoms with E-state index in [1.165, 1.54) is 55.6 Å². The van der Waals surface area contributed by atoms with E-state index in [0.29, 0.717) is 0 Å². The molecule has 0 N–H and O–H groups in total. The van der Waals surface area contributed by atoms with Crippen LogP contribution in [-0.4, -0.2) is 0 Å². The number of fused-ring (bicyclic) bond motifs is 10. The zero-order chi connectivity index (χ0) is 19.6. The van der Waals surface area contributed by atoms with Gasteiger partial charge in [-0.05, 0) is 68.5 Å². The zero-order valence-electron chi connectivity index (χ0n) is 17.0. The van der Waals surface area contributed by atoms with Crippen LogP contribution >= 0.6 is 0 Å². The maximum Gasteiger partial charge on any atom is 0.0725 e. The van der Waals surface area contributed by atoms with Crippen molar-refractivity contribution in [3.63, 3.8) is 0 Å². The fourth-order valence-electron chi connectivity index (χ4n) is 5.67. The Kier molecular flexibility index (Phi) is 3.44. The summed E-state index contributed by atoms with van der Waals surface area (Å²) in [6.07, 6.45) is 2.12. The maximum atomic E-state index is 2.47. The molecule has 0 atom stereocenters. The molecule has 0 heteroatoms. The Labute approximate surface area is 172 Å². The van der Waals surface area contributed by atoms with E-state index in [2.05, 4.69) is 98.8 Å². The van der Waals surface area contributed by atoms with Crippen molar-refractivity contribution >= 4 is 0 Å². The largest absolute Gasteiger partial charge is 0.0725 e. The lowest BCUT2D eigenvalue weighted by Crippen LogP contribution is -2.26. The summed E-state index contributed by atoms with van der Waals surface area (Å²) in [5, 5.41) is 0. The van der Waals surface area contributed by atoms with E-state index in [1.807, 2.05) is 0 Å². The van der Waals surface area contributed by atoms with Gasteiger partial charge < -0.3 is 0 Å². The Morgan fingerprint density at radius 2 is 0.897 bits per heavy atom. The molecule has 0 heterocycles. The second kappa shape index (κ2) is 5.94. The van der Waals surface area contributed by atoms with Crippen LogP contribution in [0, 0.1) is 0 Å². The number of hydrogen-bond acceptors (Lipinski definition) is 0. The fraction of sp³-hybridized carbons (Fsp3) is 0.172. The van der Waals surface area contributed by atoms with Crippen molar-refractivity contribution in [3.05, 3.63) is 118 Å². The molecule has 0 aromatic heterocycles. The van der Waals surface area contributed by atoms with E-state index < -0.39 is 0 Å². The van der Waals surface area contributed by atoms with Crippen LogP contribution in [0.1, 0.15) is 47.2 Å². The normalized spacial score (nSPS) is 14.4. The predicted octanol–water partition coefficient (Wildman–Crippen LogP) is 7.15. The Morgan fingerprint density at radius 1 is 0.483 bits per heavy atom.